The highest BCUT2D eigenvalue weighted by molar-refractivity contribution is 4.88. The number of rotatable bonds is 14. The third-order valence-corrected chi connectivity index (χ3v) is 4.67. The van der Waals surface area contributed by atoms with Crippen molar-refractivity contribution in [2.24, 2.45) is 0 Å². The zero-order valence-corrected chi connectivity index (χ0v) is 15.9. The fourth-order valence-electron chi connectivity index (χ4n) is 4.25. The lowest BCUT2D eigenvalue weighted by Gasteiger charge is -2.45. The summed E-state index contributed by atoms with van der Waals surface area (Å²) in [5, 5.41) is 0. The number of hydrogen-bond donors (Lipinski definition) is 0. The van der Waals surface area contributed by atoms with E-state index in [2.05, 4.69) is 41.5 Å². The van der Waals surface area contributed by atoms with Gasteiger partial charge >= 0.3 is 0 Å². The third-order valence-electron chi connectivity index (χ3n) is 4.67. The van der Waals surface area contributed by atoms with Gasteiger partial charge in [-0.15, -0.1) is 0 Å². The Balaban J connectivity index is 5.30. The summed E-state index contributed by atoms with van der Waals surface area (Å²) in [6.07, 6.45) is 14.8. The molecule has 128 valence electrons. The molecule has 0 heterocycles. The van der Waals surface area contributed by atoms with Crippen LogP contribution in [0, 0.1) is 0 Å². The Morgan fingerprint density at radius 1 is 0.429 bits per heavy atom. The predicted molar refractivity (Wildman–Crippen MR) is 96.0 cm³/mol. The van der Waals surface area contributed by atoms with E-state index in [9.17, 15) is 0 Å². The van der Waals surface area contributed by atoms with Crippen molar-refractivity contribution >= 4 is 0 Å². The van der Waals surface area contributed by atoms with Crippen LogP contribution < -0.4 is 0 Å². The van der Waals surface area contributed by atoms with Crippen LogP contribution in [-0.2, 0) is 4.74 Å². The van der Waals surface area contributed by atoms with Gasteiger partial charge in [0.25, 0.3) is 0 Å². The maximum atomic E-state index is 7.07. The Kier molecular flexibility index (Phi) is 11.5. The molecule has 0 aromatic rings. The normalized spacial score (nSPS) is 12.9. The minimum Gasteiger partial charge on any atom is -0.369 e. The van der Waals surface area contributed by atoms with Crippen LogP contribution in [-0.4, -0.2) is 11.2 Å². The lowest BCUT2D eigenvalue weighted by molar-refractivity contribution is -0.180. The summed E-state index contributed by atoms with van der Waals surface area (Å²) in [6.45, 7) is 13.9. The van der Waals surface area contributed by atoms with Crippen LogP contribution in [0.5, 0.6) is 0 Å². The average molecular weight is 299 g/mol. The Hall–Kier alpha value is -0.0400. The highest BCUT2D eigenvalue weighted by Gasteiger charge is 2.39. The Bertz CT molecular complexity index is 176. The van der Waals surface area contributed by atoms with Gasteiger partial charge in [0.2, 0.25) is 0 Å². The van der Waals surface area contributed by atoms with Crippen molar-refractivity contribution in [2.75, 3.05) is 0 Å². The Labute approximate surface area is 135 Å². The Morgan fingerprint density at radius 3 is 0.762 bits per heavy atom. The second-order valence-corrected chi connectivity index (χ2v) is 6.97. The third kappa shape index (κ3) is 7.17. The van der Waals surface area contributed by atoms with E-state index in [0.29, 0.717) is 0 Å². The molecule has 0 aromatic carbocycles. The average Bonchev–Trinajstić information content (AvgIpc) is 2.40. The summed E-state index contributed by atoms with van der Waals surface area (Å²) >= 11 is 0. The molecule has 0 amide bonds. The first-order chi connectivity index (χ1) is 10.1. The van der Waals surface area contributed by atoms with Gasteiger partial charge in [0.1, 0.15) is 0 Å². The molecule has 0 saturated carbocycles. The SMILES string of the molecule is CCCC(CCC)(CCC)OC(CCC)(CCC)CCC. The van der Waals surface area contributed by atoms with E-state index >= 15 is 0 Å². The molecule has 0 N–H and O–H groups in total. The van der Waals surface area contributed by atoms with Crippen LogP contribution >= 0.6 is 0 Å². The fraction of sp³-hybridized carbons (Fsp3) is 1.00. The molecule has 0 aliphatic rings. The summed E-state index contributed by atoms with van der Waals surface area (Å²) in [5.74, 6) is 0. The van der Waals surface area contributed by atoms with Gasteiger partial charge < -0.3 is 4.74 Å². The first-order valence-electron chi connectivity index (χ1n) is 9.77. The maximum absolute atomic E-state index is 7.07. The topological polar surface area (TPSA) is 9.23 Å². The van der Waals surface area contributed by atoms with Gasteiger partial charge in [-0.2, -0.15) is 0 Å². The molecule has 0 unspecified atom stereocenters. The quantitative estimate of drug-likeness (QED) is 0.327. The van der Waals surface area contributed by atoms with E-state index in [-0.39, 0.29) is 11.2 Å². The smallest absolute Gasteiger partial charge is 0.0689 e. The second kappa shape index (κ2) is 11.5. The molecule has 21 heavy (non-hydrogen) atoms. The molecule has 0 radical (unpaired) electrons. The maximum Gasteiger partial charge on any atom is 0.0689 e. The molecule has 0 saturated heterocycles. The van der Waals surface area contributed by atoms with Crippen molar-refractivity contribution in [2.45, 2.75) is 130 Å². The number of hydrogen-bond acceptors (Lipinski definition) is 1. The van der Waals surface area contributed by atoms with Crippen molar-refractivity contribution in [3.8, 4) is 0 Å². The van der Waals surface area contributed by atoms with Crippen LogP contribution in [0.2, 0.25) is 0 Å². The molecule has 0 bridgehead atoms. The molecule has 0 fully saturated rings. The molecule has 0 rings (SSSR count). The van der Waals surface area contributed by atoms with Gasteiger partial charge in [0, 0.05) is 0 Å². The van der Waals surface area contributed by atoms with Gasteiger partial charge in [-0.1, -0.05) is 80.1 Å². The molecule has 0 atom stereocenters. The van der Waals surface area contributed by atoms with Crippen LogP contribution in [0.1, 0.15) is 119 Å². The largest absolute Gasteiger partial charge is 0.369 e. The van der Waals surface area contributed by atoms with Crippen molar-refractivity contribution in [3.05, 3.63) is 0 Å². The summed E-state index contributed by atoms with van der Waals surface area (Å²) in [5.41, 5.74) is 0.273. The van der Waals surface area contributed by atoms with E-state index in [1.165, 1.54) is 77.0 Å². The molecule has 1 nitrogen and oxygen atoms in total. The van der Waals surface area contributed by atoms with E-state index in [4.69, 9.17) is 4.74 Å². The molecular weight excluding hydrogens is 256 g/mol. The number of ether oxygens (including phenoxy) is 1. The zero-order valence-electron chi connectivity index (χ0n) is 15.9. The van der Waals surface area contributed by atoms with Crippen LogP contribution in [0.25, 0.3) is 0 Å². The van der Waals surface area contributed by atoms with Gasteiger partial charge in [0.15, 0.2) is 0 Å². The fourth-order valence-corrected chi connectivity index (χ4v) is 4.25. The predicted octanol–water partition coefficient (Wildman–Crippen LogP) is 7.28. The zero-order chi connectivity index (χ0) is 16.2. The molecule has 0 aliphatic carbocycles. The van der Waals surface area contributed by atoms with E-state index < -0.39 is 0 Å². The lowest BCUT2D eigenvalue weighted by Crippen LogP contribution is -2.45. The van der Waals surface area contributed by atoms with Gasteiger partial charge in [0.05, 0.1) is 11.2 Å². The first kappa shape index (κ1) is 21.0. The summed E-state index contributed by atoms with van der Waals surface area (Å²) in [4.78, 5) is 0. The Morgan fingerprint density at radius 2 is 0.619 bits per heavy atom. The molecule has 0 spiro atoms. The van der Waals surface area contributed by atoms with Gasteiger partial charge in [-0.3, -0.25) is 0 Å². The van der Waals surface area contributed by atoms with Gasteiger partial charge in [-0.05, 0) is 38.5 Å². The van der Waals surface area contributed by atoms with Crippen molar-refractivity contribution < 1.29 is 4.74 Å². The van der Waals surface area contributed by atoms with Crippen molar-refractivity contribution in [3.63, 3.8) is 0 Å². The van der Waals surface area contributed by atoms with E-state index in [1.54, 1.807) is 0 Å². The molecule has 0 aliphatic heterocycles. The van der Waals surface area contributed by atoms with Crippen LogP contribution in [0.4, 0.5) is 0 Å². The minimum atomic E-state index is 0.137. The van der Waals surface area contributed by atoms with Crippen LogP contribution in [0.15, 0.2) is 0 Å². The van der Waals surface area contributed by atoms with Crippen LogP contribution in [0.3, 0.4) is 0 Å². The first-order valence-corrected chi connectivity index (χ1v) is 9.77. The molecule has 0 aromatic heterocycles. The van der Waals surface area contributed by atoms with Crippen molar-refractivity contribution in [1.82, 2.24) is 0 Å². The highest BCUT2D eigenvalue weighted by atomic mass is 16.5. The molecule has 1 heteroatoms. The standard InChI is InChI=1S/C20H42O/c1-7-13-19(14-8-2,15-9-3)21-20(16-10-4,17-11-5)18-12-6/h7-18H2,1-6H3. The second-order valence-electron chi connectivity index (χ2n) is 6.97. The monoisotopic (exact) mass is 298 g/mol. The summed E-state index contributed by atoms with van der Waals surface area (Å²) in [7, 11) is 0. The summed E-state index contributed by atoms with van der Waals surface area (Å²) < 4.78 is 7.07. The van der Waals surface area contributed by atoms with E-state index in [0.717, 1.165) is 0 Å². The van der Waals surface area contributed by atoms with E-state index in [1.807, 2.05) is 0 Å². The lowest BCUT2D eigenvalue weighted by atomic mass is 9.82. The minimum absolute atomic E-state index is 0.137. The van der Waals surface area contributed by atoms with Crippen molar-refractivity contribution in [1.29, 1.82) is 0 Å². The highest BCUT2D eigenvalue weighted by Crippen LogP contribution is 2.40. The summed E-state index contributed by atoms with van der Waals surface area (Å²) in [6, 6.07) is 0. The van der Waals surface area contributed by atoms with Gasteiger partial charge in [-0.25, -0.2) is 0 Å². The molecular formula is C20H42O.